The predicted molar refractivity (Wildman–Crippen MR) is 78.9 cm³/mol. The van der Waals surface area contributed by atoms with Crippen LogP contribution in [0.5, 0.6) is 0 Å². The second-order valence-electron chi connectivity index (χ2n) is 5.82. The van der Waals surface area contributed by atoms with Crippen molar-refractivity contribution in [1.82, 2.24) is 9.78 Å². The van der Waals surface area contributed by atoms with E-state index in [4.69, 9.17) is 4.74 Å². The largest absolute Gasteiger partial charge is 0.408 e. The summed E-state index contributed by atoms with van der Waals surface area (Å²) in [5.74, 6) is -0.343. The highest BCUT2D eigenvalue weighted by atomic mass is 19.4. The number of carbonyl (C=O) groups excluding carboxylic acids is 1. The van der Waals surface area contributed by atoms with Gasteiger partial charge in [-0.05, 0) is 19.3 Å². The number of alkyl halides is 3. The fourth-order valence-corrected chi connectivity index (χ4v) is 2.70. The summed E-state index contributed by atoms with van der Waals surface area (Å²) in [7, 11) is 0. The minimum Gasteiger partial charge on any atom is -0.365 e. The summed E-state index contributed by atoms with van der Waals surface area (Å²) in [6.45, 7) is 0.665. The number of carbonyl (C=O) groups is 1. The Labute approximate surface area is 133 Å². The number of nitrogens with one attached hydrogen (secondary N) is 1. The van der Waals surface area contributed by atoms with Crippen molar-refractivity contribution in [2.24, 2.45) is 0 Å². The number of hydrogen-bond acceptors (Lipinski definition) is 3. The van der Waals surface area contributed by atoms with Crippen LogP contribution in [0.25, 0.3) is 0 Å². The fourth-order valence-electron chi connectivity index (χ4n) is 2.70. The first-order valence-electron chi connectivity index (χ1n) is 7.93. The molecule has 130 valence electrons. The maximum absolute atomic E-state index is 12.3. The van der Waals surface area contributed by atoms with Crippen LogP contribution >= 0.6 is 0 Å². The smallest absolute Gasteiger partial charge is 0.365 e. The van der Waals surface area contributed by atoms with Gasteiger partial charge in [0.25, 0.3) is 5.91 Å². The lowest BCUT2D eigenvalue weighted by Gasteiger charge is -2.26. The number of aromatic nitrogens is 2. The first kappa shape index (κ1) is 17.8. The molecule has 0 bridgehead atoms. The second-order valence-corrected chi connectivity index (χ2v) is 5.82. The van der Waals surface area contributed by atoms with Crippen molar-refractivity contribution < 1.29 is 22.7 Å². The summed E-state index contributed by atoms with van der Waals surface area (Å²) in [5, 5.41) is 6.17. The van der Waals surface area contributed by atoms with Crippen LogP contribution in [-0.2, 0) is 16.1 Å². The molecule has 23 heavy (non-hydrogen) atoms. The molecule has 1 aliphatic rings. The number of hydrogen-bond donors (Lipinski definition) is 1. The zero-order valence-electron chi connectivity index (χ0n) is 13.1. The van der Waals surface area contributed by atoms with Gasteiger partial charge in [0.1, 0.15) is 12.6 Å². The average molecular weight is 333 g/mol. The molecule has 2 rings (SSSR count). The molecule has 1 fully saturated rings. The Morgan fingerprint density at radius 3 is 2.74 bits per heavy atom. The van der Waals surface area contributed by atoms with Crippen molar-refractivity contribution in [2.45, 2.75) is 70.4 Å². The quantitative estimate of drug-likeness (QED) is 0.867. The van der Waals surface area contributed by atoms with Gasteiger partial charge in [0.2, 0.25) is 0 Å². The summed E-state index contributed by atoms with van der Waals surface area (Å²) >= 11 is 0. The Morgan fingerprint density at radius 1 is 1.43 bits per heavy atom. The second kappa shape index (κ2) is 7.81. The fraction of sp³-hybridized carbons (Fsp3) is 0.733. The maximum Gasteiger partial charge on any atom is 0.408 e. The molecule has 1 aromatic rings. The SMILES string of the molecule is CCC(OC1CCCCC1)C(=O)Nc1cnn(CC(F)(F)F)c1. The topological polar surface area (TPSA) is 56.1 Å². The average Bonchev–Trinajstić information content (AvgIpc) is 2.90. The van der Waals surface area contributed by atoms with Gasteiger partial charge >= 0.3 is 6.18 Å². The van der Waals surface area contributed by atoms with Crippen LogP contribution in [-0.4, -0.2) is 34.1 Å². The highest BCUT2D eigenvalue weighted by Crippen LogP contribution is 2.23. The molecule has 1 N–H and O–H groups in total. The van der Waals surface area contributed by atoms with Gasteiger partial charge < -0.3 is 10.1 Å². The van der Waals surface area contributed by atoms with Crippen molar-refractivity contribution in [3.63, 3.8) is 0 Å². The Bertz CT molecular complexity index is 510. The zero-order valence-corrected chi connectivity index (χ0v) is 13.1. The van der Waals surface area contributed by atoms with E-state index in [2.05, 4.69) is 10.4 Å². The molecule has 0 saturated heterocycles. The van der Waals surface area contributed by atoms with E-state index < -0.39 is 18.8 Å². The van der Waals surface area contributed by atoms with Crippen molar-refractivity contribution in [2.75, 3.05) is 5.32 Å². The van der Waals surface area contributed by atoms with Crippen molar-refractivity contribution in [1.29, 1.82) is 0 Å². The first-order valence-corrected chi connectivity index (χ1v) is 7.93. The minimum atomic E-state index is -4.34. The monoisotopic (exact) mass is 333 g/mol. The van der Waals surface area contributed by atoms with Gasteiger partial charge in [0.05, 0.1) is 18.0 Å². The Hall–Kier alpha value is -1.57. The van der Waals surface area contributed by atoms with E-state index in [0.717, 1.165) is 30.4 Å². The third kappa shape index (κ3) is 5.85. The van der Waals surface area contributed by atoms with E-state index in [1.54, 1.807) is 0 Å². The van der Waals surface area contributed by atoms with Gasteiger partial charge in [-0.25, -0.2) is 0 Å². The molecule has 1 aliphatic carbocycles. The highest BCUT2D eigenvalue weighted by Gasteiger charge is 2.29. The third-order valence-corrected chi connectivity index (χ3v) is 3.81. The summed E-state index contributed by atoms with van der Waals surface area (Å²) in [5.41, 5.74) is 0.241. The normalized spacial score (nSPS) is 17.9. The van der Waals surface area contributed by atoms with Crippen LogP contribution in [0.4, 0.5) is 18.9 Å². The van der Waals surface area contributed by atoms with Crippen molar-refractivity contribution in [3.8, 4) is 0 Å². The van der Waals surface area contributed by atoms with Gasteiger partial charge in [0, 0.05) is 6.20 Å². The molecule has 0 aromatic carbocycles. The van der Waals surface area contributed by atoms with E-state index in [1.165, 1.54) is 18.8 Å². The summed E-state index contributed by atoms with van der Waals surface area (Å²) in [4.78, 5) is 12.2. The van der Waals surface area contributed by atoms with Crippen LogP contribution in [0.1, 0.15) is 45.4 Å². The highest BCUT2D eigenvalue weighted by molar-refractivity contribution is 5.93. The van der Waals surface area contributed by atoms with Gasteiger partial charge in [-0.15, -0.1) is 0 Å². The maximum atomic E-state index is 12.3. The van der Waals surface area contributed by atoms with E-state index in [0.29, 0.717) is 6.42 Å². The number of nitrogens with zero attached hydrogens (tertiary/aromatic N) is 2. The molecule has 1 heterocycles. The standard InChI is InChI=1S/C15H22F3N3O2/c1-2-13(23-12-6-4-3-5-7-12)14(22)20-11-8-19-21(9-11)10-15(16,17)18/h8-9,12-13H,2-7,10H2,1H3,(H,20,22). The number of halogens is 3. The van der Waals surface area contributed by atoms with E-state index in [-0.39, 0.29) is 17.7 Å². The zero-order chi connectivity index (χ0) is 16.9. The number of ether oxygens (including phenoxy) is 1. The first-order chi connectivity index (χ1) is 10.9. The van der Waals surface area contributed by atoms with Crippen LogP contribution in [0, 0.1) is 0 Å². The Morgan fingerprint density at radius 2 is 2.13 bits per heavy atom. The van der Waals surface area contributed by atoms with E-state index in [9.17, 15) is 18.0 Å². The van der Waals surface area contributed by atoms with Gasteiger partial charge in [-0.3, -0.25) is 9.48 Å². The van der Waals surface area contributed by atoms with E-state index in [1.807, 2.05) is 6.92 Å². The molecule has 0 aliphatic heterocycles. The lowest BCUT2D eigenvalue weighted by molar-refractivity contribution is -0.142. The van der Waals surface area contributed by atoms with Crippen molar-refractivity contribution >= 4 is 11.6 Å². The summed E-state index contributed by atoms with van der Waals surface area (Å²) < 4.78 is 43.5. The Balaban J connectivity index is 1.88. The lowest BCUT2D eigenvalue weighted by atomic mass is 9.97. The van der Waals surface area contributed by atoms with E-state index >= 15 is 0 Å². The number of rotatable bonds is 6. The molecule has 1 amide bonds. The predicted octanol–water partition coefficient (Wildman–Crippen LogP) is 3.51. The Kier molecular flexibility index (Phi) is 6.04. The van der Waals surface area contributed by atoms with Gasteiger partial charge in [-0.2, -0.15) is 18.3 Å². The molecule has 5 nitrogen and oxygen atoms in total. The van der Waals surface area contributed by atoms with Crippen LogP contribution in [0.2, 0.25) is 0 Å². The third-order valence-electron chi connectivity index (χ3n) is 3.81. The molecule has 1 aromatic heterocycles. The molecular formula is C15H22F3N3O2. The lowest BCUT2D eigenvalue weighted by Crippen LogP contribution is -2.34. The number of anilines is 1. The molecular weight excluding hydrogens is 311 g/mol. The summed E-state index contributed by atoms with van der Waals surface area (Å²) in [6, 6.07) is 0. The van der Waals surface area contributed by atoms with Crippen LogP contribution < -0.4 is 5.32 Å². The molecule has 1 saturated carbocycles. The molecule has 1 unspecified atom stereocenters. The van der Waals surface area contributed by atoms with Crippen molar-refractivity contribution in [3.05, 3.63) is 12.4 Å². The summed E-state index contributed by atoms with van der Waals surface area (Å²) in [6.07, 6.45) is 3.34. The van der Waals surface area contributed by atoms with Gasteiger partial charge in [-0.1, -0.05) is 26.2 Å². The minimum absolute atomic E-state index is 0.0902. The molecule has 0 spiro atoms. The molecule has 8 heteroatoms. The van der Waals surface area contributed by atoms with Crippen LogP contribution in [0.15, 0.2) is 12.4 Å². The molecule has 1 atom stereocenters. The number of amides is 1. The molecule has 0 radical (unpaired) electrons. The van der Waals surface area contributed by atoms with Crippen LogP contribution in [0.3, 0.4) is 0 Å². The van der Waals surface area contributed by atoms with Gasteiger partial charge in [0.15, 0.2) is 0 Å².